The molecule has 1 fully saturated rings. The summed E-state index contributed by atoms with van der Waals surface area (Å²) in [5.74, 6) is 0.844. The number of carbonyl (C=O) groups is 1. The van der Waals surface area contributed by atoms with Crippen molar-refractivity contribution in [3.63, 3.8) is 0 Å². The maximum Gasteiger partial charge on any atom is 0.242 e. The normalized spacial score (nSPS) is 19.8. The third-order valence-electron chi connectivity index (χ3n) is 3.94. The van der Waals surface area contributed by atoms with Crippen LogP contribution in [0.1, 0.15) is 42.2 Å². The lowest BCUT2D eigenvalue weighted by Gasteiger charge is -2.16. The number of carbonyl (C=O) groups excluding carboxylic acids is 1. The maximum absolute atomic E-state index is 12.1. The van der Waals surface area contributed by atoms with E-state index in [1.807, 2.05) is 18.2 Å². The molecule has 2 aliphatic rings. The van der Waals surface area contributed by atoms with Crippen LogP contribution < -0.4 is 10.1 Å². The summed E-state index contributed by atoms with van der Waals surface area (Å²) in [6.07, 6.45) is 5.46. The smallest absolute Gasteiger partial charge is 0.242 e. The number of ether oxygens (including phenoxy) is 1. The molecule has 0 saturated heterocycles. The summed E-state index contributed by atoms with van der Waals surface area (Å²) in [4.78, 5) is 12.1. The monoisotopic (exact) mass is 279 g/mol. The number of hydrogen-bond acceptors (Lipinski definition) is 2. The Morgan fingerprint density at radius 2 is 2.16 bits per heavy atom. The first kappa shape index (κ1) is 12.8. The Morgan fingerprint density at radius 3 is 2.95 bits per heavy atom. The second kappa shape index (κ2) is 5.41. The lowest BCUT2D eigenvalue weighted by atomic mass is 10.1. The van der Waals surface area contributed by atoms with E-state index in [9.17, 15) is 4.79 Å². The highest BCUT2D eigenvalue weighted by Gasteiger charge is 2.24. The average Bonchev–Trinajstić information content (AvgIpc) is 3.07. The first-order valence-electron chi connectivity index (χ1n) is 6.94. The maximum atomic E-state index is 12.1. The van der Waals surface area contributed by atoms with Gasteiger partial charge in [-0.3, -0.25) is 4.79 Å². The Labute approximate surface area is 118 Å². The van der Waals surface area contributed by atoms with Crippen molar-refractivity contribution < 1.29 is 9.53 Å². The van der Waals surface area contributed by atoms with Gasteiger partial charge in [-0.05, 0) is 36.1 Å². The molecule has 1 saturated carbocycles. The van der Waals surface area contributed by atoms with Crippen LogP contribution in [0.2, 0.25) is 0 Å². The third kappa shape index (κ3) is 2.71. The molecule has 4 heteroatoms. The van der Waals surface area contributed by atoms with Crippen LogP contribution in [-0.2, 0) is 11.2 Å². The number of benzene rings is 1. The predicted octanol–water partition coefficient (Wildman–Crippen LogP) is 2.96. The van der Waals surface area contributed by atoms with Crippen LogP contribution in [0.3, 0.4) is 0 Å². The zero-order chi connectivity index (χ0) is 13.2. The van der Waals surface area contributed by atoms with Crippen LogP contribution in [0.4, 0.5) is 0 Å². The van der Waals surface area contributed by atoms with Crippen molar-refractivity contribution in [3.05, 3.63) is 29.3 Å². The first-order chi connectivity index (χ1) is 9.24. The minimum absolute atomic E-state index is 0.0765. The molecule has 19 heavy (non-hydrogen) atoms. The fourth-order valence-corrected chi connectivity index (χ4v) is 3.06. The van der Waals surface area contributed by atoms with Crippen LogP contribution in [0.5, 0.6) is 5.75 Å². The fraction of sp³-hybridized carbons (Fsp3) is 0.533. The van der Waals surface area contributed by atoms with Crippen molar-refractivity contribution in [2.75, 3.05) is 6.61 Å². The van der Waals surface area contributed by atoms with Gasteiger partial charge in [0.2, 0.25) is 5.91 Å². The Balaban J connectivity index is 1.68. The van der Waals surface area contributed by atoms with E-state index < -0.39 is 5.38 Å². The van der Waals surface area contributed by atoms with E-state index in [-0.39, 0.29) is 5.91 Å². The number of nitrogens with one attached hydrogen (secondary N) is 1. The van der Waals surface area contributed by atoms with Gasteiger partial charge in [0.05, 0.1) is 6.61 Å². The molecular weight excluding hydrogens is 262 g/mol. The van der Waals surface area contributed by atoms with E-state index in [0.717, 1.165) is 42.7 Å². The van der Waals surface area contributed by atoms with Crippen LogP contribution >= 0.6 is 11.6 Å². The third-order valence-corrected chi connectivity index (χ3v) is 4.39. The van der Waals surface area contributed by atoms with E-state index in [1.54, 1.807) is 0 Å². The highest BCUT2D eigenvalue weighted by molar-refractivity contribution is 6.30. The van der Waals surface area contributed by atoms with Crippen LogP contribution in [0.25, 0.3) is 0 Å². The lowest BCUT2D eigenvalue weighted by molar-refractivity contribution is -0.121. The van der Waals surface area contributed by atoms with Crippen LogP contribution in [0.15, 0.2) is 18.2 Å². The standard InChI is InChI=1S/C15H18ClNO2/c16-14(15(18)17-12-3-1-2-4-12)11-5-6-13-10(9-11)7-8-19-13/h5-6,9,12,14H,1-4,7-8H2,(H,17,18). The van der Waals surface area contributed by atoms with Crippen LogP contribution in [0, 0.1) is 0 Å². The highest BCUT2D eigenvalue weighted by Crippen LogP contribution is 2.30. The number of alkyl halides is 1. The predicted molar refractivity (Wildman–Crippen MR) is 74.6 cm³/mol. The molecule has 0 aromatic heterocycles. The summed E-state index contributed by atoms with van der Waals surface area (Å²) in [6, 6.07) is 6.10. The van der Waals surface area contributed by atoms with Gasteiger partial charge in [-0.2, -0.15) is 0 Å². The minimum atomic E-state index is -0.605. The van der Waals surface area contributed by atoms with Gasteiger partial charge >= 0.3 is 0 Å². The summed E-state index contributed by atoms with van der Waals surface area (Å²) in [5.41, 5.74) is 2.01. The number of fused-ring (bicyclic) bond motifs is 1. The number of amides is 1. The lowest BCUT2D eigenvalue weighted by Crippen LogP contribution is -2.34. The van der Waals surface area contributed by atoms with Crippen molar-refractivity contribution in [2.45, 2.75) is 43.5 Å². The summed E-state index contributed by atoms with van der Waals surface area (Å²) >= 11 is 6.28. The zero-order valence-electron chi connectivity index (χ0n) is 10.8. The molecule has 102 valence electrons. The summed E-state index contributed by atoms with van der Waals surface area (Å²) in [7, 11) is 0. The van der Waals surface area contributed by atoms with Gasteiger partial charge in [-0.15, -0.1) is 11.6 Å². The molecule has 1 heterocycles. The van der Waals surface area contributed by atoms with Gasteiger partial charge in [0.25, 0.3) is 0 Å². The summed E-state index contributed by atoms with van der Waals surface area (Å²) in [5, 5.41) is 2.44. The average molecular weight is 280 g/mol. The van der Waals surface area contributed by atoms with E-state index in [1.165, 1.54) is 12.8 Å². The fourth-order valence-electron chi connectivity index (χ4n) is 2.86. The molecule has 1 aliphatic carbocycles. The second-order valence-corrected chi connectivity index (χ2v) is 5.75. The van der Waals surface area contributed by atoms with E-state index in [4.69, 9.17) is 16.3 Å². The molecule has 1 aromatic rings. The summed E-state index contributed by atoms with van der Waals surface area (Å²) < 4.78 is 5.46. The van der Waals surface area contributed by atoms with Crippen molar-refractivity contribution >= 4 is 17.5 Å². The van der Waals surface area contributed by atoms with E-state index in [2.05, 4.69) is 5.32 Å². The van der Waals surface area contributed by atoms with Crippen molar-refractivity contribution in [3.8, 4) is 5.75 Å². The second-order valence-electron chi connectivity index (χ2n) is 5.32. The Kier molecular flexibility index (Phi) is 3.65. The molecule has 1 aromatic carbocycles. The molecule has 3 rings (SSSR count). The molecule has 1 aliphatic heterocycles. The molecular formula is C15H18ClNO2. The Hall–Kier alpha value is -1.22. The molecule has 0 radical (unpaired) electrons. The van der Waals surface area contributed by atoms with Gasteiger partial charge in [0.1, 0.15) is 11.1 Å². The highest BCUT2D eigenvalue weighted by atomic mass is 35.5. The largest absolute Gasteiger partial charge is 0.493 e. The van der Waals surface area contributed by atoms with Gasteiger partial charge in [0, 0.05) is 12.5 Å². The quantitative estimate of drug-likeness (QED) is 0.864. The molecule has 3 nitrogen and oxygen atoms in total. The molecule has 1 unspecified atom stereocenters. The van der Waals surface area contributed by atoms with E-state index >= 15 is 0 Å². The van der Waals surface area contributed by atoms with Gasteiger partial charge in [-0.1, -0.05) is 18.9 Å². The Morgan fingerprint density at radius 1 is 1.37 bits per heavy atom. The first-order valence-corrected chi connectivity index (χ1v) is 7.38. The minimum Gasteiger partial charge on any atom is -0.493 e. The zero-order valence-corrected chi connectivity index (χ0v) is 11.6. The van der Waals surface area contributed by atoms with Gasteiger partial charge in [-0.25, -0.2) is 0 Å². The number of halogens is 1. The van der Waals surface area contributed by atoms with Crippen molar-refractivity contribution in [1.82, 2.24) is 5.32 Å². The number of rotatable bonds is 3. The molecule has 0 spiro atoms. The molecule has 1 N–H and O–H groups in total. The van der Waals surface area contributed by atoms with Gasteiger partial charge < -0.3 is 10.1 Å². The molecule has 1 atom stereocenters. The summed E-state index contributed by atoms with van der Waals surface area (Å²) in [6.45, 7) is 0.722. The van der Waals surface area contributed by atoms with Gasteiger partial charge in [0.15, 0.2) is 0 Å². The topological polar surface area (TPSA) is 38.3 Å². The SMILES string of the molecule is O=C(NC1CCCC1)C(Cl)c1ccc2c(c1)CCO2. The van der Waals surface area contributed by atoms with Crippen molar-refractivity contribution in [2.24, 2.45) is 0 Å². The Bertz CT molecular complexity index is 483. The van der Waals surface area contributed by atoms with E-state index in [0.29, 0.717) is 6.04 Å². The number of hydrogen-bond donors (Lipinski definition) is 1. The van der Waals surface area contributed by atoms with Crippen LogP contribution in [-0.4, -0.2) is 18.6 Å². The molecule has 0 bridgehead atoms. The molecule has 1 amide bonds. The van der Waals surface area contributed by atoms with Crippen molar-refractivity contribution in [1.29, 1.82) is 0 Å².